The lowest BCUT2D eigenvalue weighted by molar-refractivity contribution is 0.0953. The monoisotopic (exact) mass is 328 g/mol. The second-order valence-corrected chi connectivity index (χ2v) is 5.25. The number of likely N-dealkylation sites (N-methyl/N-ethyl adjacent to an activating group) is 1. The van der Waals surface area contributed by atoms with Gasteiger partial charge in [-0.25, -0.2) is 0 Å². The molecule has 22 heavy (non-hydrogen) atoms. The molecule has 1 amide bonds. The van der Waals surface area contributed by atoms with Gasteiger partial charge < -0.3 is 20.1 Å². The molecule has 6 heteroatoms. The molecule has 124 valence electrons. The maximum Gasteiger partial charge on any atom is 0.251 e. The molecule has 0 unspecified atom stereocenters. The number of amides is 1. The van der Waals surface area contributed by atoms with Crippen LogP contribution in [-0.2, 0) is 0 Å². The van der Waals surface area contributed by atoms with Crippen LogP contribution in [0.15, 0.2) is 18.2 Å². The van der Waals surface area contributed by atoms with E-state index in [1.54, 1.807) is 19.2 Å². The number of methoxy groups -OCH3 is 1. The van der Waals surface area contributed by atoms with E-state index < -0.39 is 0 Å². The summed E-state index contributed by atoms with van der Waals surface area (Å²) in [6, 6.07) is 5.34. The largest absolute Gasteiger partial charge is 0.493 e. The second-order valence-electron chi connectivity index (χ2n) is 5.25. The fraction of sp³-hybridized carbons (Fsp3) is 0.562. The van der Waals surface area contributed by atoms with Gasteiger partial charge in [0.15, 0.2) is 11.5 Å². The molecular weight excluding hydrogens is 304 g/mol. The van der Waals surface area contributed by atoms with Crippen LogP contribution < -0.4 is 20.1 Å². The van der Waals surface area contributed by atoms with E-state index in [0.29, 0.717) is 17.9 Å². The summed E-state index contributed by atoms with van der Waals surface area (Å²) in [5, 5.41) is 5.83. The van der Waals surface area contributed by atoms with E-state index in [9.17, 15) is 4.79 Å². The van der Waals surface area contributed by atoms with Crippen LogP contribution in [0.4, 0.5) is 0 Å². The van der Waals surface area contributed by atoms with Gasteiger partial charge in [-0.3, -0.25) is 4.79 Å². The van der Waals surface area contributed by atoms with Crippen LogP contribution in [0.3, 0.4) is 0 Å². The summed E-state index contributed by atoms with van der Waals surface area (Å²) in [6.07, 6.45) is 4.90. The van der Waals surface area contributed by atoms with E-state index in [0.717, 1.165) is 25.1 Å². The fourth-order valence-electron chi connectivity index (χ4n) is 2.50. The number of carbonyl (C=O) groups is 1. The van der Waals surface area contributed by atoms with Gasteiger partial charge in [0.2, 0.25) is 0 Å². The Bertz CT molecular complexity index is 476. The quantitative estimate of drug-likeness (QED) is 0.755. The third-order valence-electron chi connectivity index (χ3n) is 3.68. The molecule has 1 aromatic carbocycles. The number of nitrogens with one attached hydrogen (secondary N) is 2. The molecule has 0 aliphatic heterocycles. The molecule has 1 saturated carbocycles. The van der Waals surface area contributed by atoms with Crippen molar-refractivity contribution in [2.24, 2.45) is 0 Å². The van der Waals surface area contributed by atoms with Gasteiger partial charge in [0.05, 0.1) is 13.2 Å². The van der Waals surface area contributed by atoms with Gasteiger partial charge >= 0.3 is 0 Å². The highest BCUT2D eigenvalue weighted by Crippen LogP contribution is 2.32. The van der Waals surface area contributed by atoms with Crippen LogP contribution in [-0.4, -0.2) is 39.3 Å². The van der Waals surface area contributed by atoms with Crippen LogP contribution in [0.25, 0.3) is 0 Å². The number of rotatable bonds is 7. The Balaban J connectivity index is 0.00000242. The Morgan fingerprint density at radius 2 is 1.95 bits per heavy atom. The molecule has 0 spiro atoms. The molecule has 0 heterocycles. The molecule has 0 saturated heterocycles. The minimum Gasteiger partial charge on any atom is -0.493 e. The van der Waals surface area contributed by atoms with E-state index in [1.165, 1.54) is 12.8 Å². The SMILES string of the molecule is CNCCNC(=O)c1ccc(OC2CCCC2)c(OC)c1.Cl. The zero-order valence-electron chi connectivity index (χ0n) is 13.2. The van der Waals surface area contributed by atoms with Crippen molar-refractivity contribution in [3.8, 4) is 11.5 Å². The van der Waals surface area contributed by atoms with Crippen LogP contribution in [0.5, 0.6) is 11.5 Å². The molecule has 1 aliphatic carbocycles. The van der Waals surface area contributed by atoms with Gasteiger partial charge in [0, 0.05) is 18.7 Å². The Morgan fingerprint density at radius 3 is 2.59 bits per heavy atom. The Hall–Kier alpha value is -1.46. The van der Waals surface area contributed by atoms with Gasteiger partial charge in [-0.1, -0.05) is 0 Å². The van der Waals surface area contributed by atoms with E-state index >= 15 is 0 Å². The average Bonchev–Trinajstić information content (AvgIpc) is 3.00. The van der Waals surface area contributed by atoms with Crippen molar-refractivity contribution in [1.29, 1.82) is 0 Å². The van der Waals surface area contributed by atoms with Crippen LogP contribution >= 0.6 is 12.4 Å². The van der Waals surface area contributed by atoms with E-state index in [-0.39, 0.29) is 24.4 Å². The lowest BCUT2D eigenvalue weighted by Gasteiger charge is -2.16. The minimum atomic E-state index is -0.101. The molecule has 0 bridgehead atoms. The highest BCUT2D eigenvalue weighted by atomic mass is 35.5. The molecule has 1 fully saturated rings. The van der Waals surface area contributed by atoms with Crippen LogP contribution in [0.2, 0.25) is 0 Å². The van der Waals surface area contributed by atoms with E-state index in [2.05, 4.69) is 10.6 Å². The fourth-order valence-corrected chi connectivity index (χ4v) is 2.50. The number of benzene rings is 1. The number of carbonyl (C=O) groups excluding carboxylic acids is 1. The first-order chi connectivity index (χ1) is 10.2. The zero-order valence-corrected chi connectivity index (χ0v) is 14.0. The molecule has 0 aromatic heterocycles. The van der Waals surface area contributed by atoms with Gasteiger partial charge in [-0.05, 0) is 50.9 Å². The van der Waals surface area contributed by atoms with Gasteiger partial charge in [0.1, 0.15) is 0 Å². The summed E-state index contributed by atoms with van der Waals surface area (Å²) in [6.45, 7) is 1.34. The number of hydrogen-bond donors (Lipinski definition) is 2. The first-order valence-electron chi connectivity index (χ1n) is 7.52. The van der Waals surface area contributed by atoms with Crippen molar-refractivity contribution in [3.63, 3.8) is 0 Å². The predicted molar refractivity (Wildman–Crippen MR) is 89.4 cm³/mol. The lowest BCUT2D eigenvalue weighted by Crippen LogP contribution is -2.30. The van der Waals surface area contributed by atoms with Gasteiger partial charge in [-0.2, -0.15) is 0 Å². The highest BCUT2D eigenvalue weighted by molar-refractivity contribution is 5.94. The number of ether oxygens (including phenoxy) is 2. The van der Waals surface area contributed by atoms with Crippen molar-refractivity contribution in [1.82, 2.24) is 10.6 Å². The Labute approximate surface area is 138 Å². The Morgan fingerprint density at radius 1 is 1.23 bits per heavy atom. The topological polar surface area (TPSA) is 59.6 Å². The van der Waals surface area contributed by atoms with Crippen molar-refractivity contribution < 1.29 is 14.3 Å². The molecule has 1 aliphatic rings. The zero-order chi connectivity index (χ0) is 15.1. The molecule has 1 aromatic rings. The standard InChI is InChI=1S/C16H24N2O3.ClH/c1-17-9-10-18-16(19)12-7-8-14(15(11-12)20-2)21-13-5-3-4-6-13;/h7-8,11,13,17H,3-6,9-10H2,1-2H3,(H,18,19);1H. The maximum atomic E-state index is 12.0. The van der Waals surface area contributed by atoms with Gasteiger partial charge in [0.25, 0.3) is 5.91 Å². The average molecular weight is 329 g/mol. The van der Waals surface area contributed by atoms with Crippen molar-refractivity contribution in [3.05, 3.63) is 23.8 Å². The number of hydrogen-bond acceptors (Lipinski definition) is 4. The summed E-state index contributed by atoms with van der Waals surface area (Å²) in [4.78, 5) is 12.0. The molecule has 2 N–H and O–H groups in total. The third kappa shape index (κ3) is 5.07. The Kier molecular flexibility index (Phi) is 8.06. The molecular formula is C16H25ClN2O3. The van der Waals surface area contributed by atoms with E-state index in [1.807, 2.05) is 13.1 Å². The summed E-state index contributed by atoms with van der Waals surface area (Å²) < 4.78 is 11.3. The molecule has 0 radical (unpaired) electrons. The minimum absolute atomic E-state index is 0. The predicted octanol–water partition coefficient (Wildman–Crippen LogP) is 2.39. The third-order valence-corrected chi connectivity index (χ3v) is 3.68. The van der Waals surface area contributed by atoms with E-state index in [4.69, 9.17) is 9.47 Å². The smallest absolute Gasteiger partial charge is 0.251 e. The summed E-state index contributed by atoms with van der Waals surface area (Å²) in [5.41, 5.74) is 0.585. The summed E-state index contributed by atoms with van der Waals surface area (Å²) in [7, 11) is 3.45. The lowest BCUT2D eigenvalue weighted by atomic mass is 10.2. The summed E-state index contributed by atoms with van der Waals surface area (Å²) in [5.74, 6) is 1.23. The molecule has 0 atom stereocenters. The molecule has 2 rings (SSSR count). The first kappa shape index (κ1) is 18.6. The summed E-state index contributed by atoms with van der Waals surface area (Å²) >= 11 is 0. The first-order valence-corrected chi connectivity index (χ1v) is 7.52. The van der Waals surface area contributed by atoms with Gasteiger partial charge in [-0.15, -0.1) is 12.4 Å². The normalized spacial score (nSPS) is 14.3. The highest BCUT2D eigenvalue weighted by Gasteiger charge is 2.19. The van der Waals surface area contributed by atoms with Crippen molar-refractivity contribution in [2.75, 3.05) is 27.2 Å². The second kappa shape index (κ2) is 9.54. The number of halogens is 1. The van der Waals surface area contributed by atoms with Crippen LogP contribution in [0.1, 0.15) is 36.0 Å². The van der Waals surface area contributed by atoms with Crippen molar-refractivity contribution in [2.45, 2.75) is 31.8 Å². The van der Waals surface area contributed by atoms with Crippen LogP contribution in [0, 0.1) is 0 Å². The molecule has 5 nitrogen and oxygen atoms in total. The van der Waals surface area contributed by atoms with Crippen molar-refractivity contribution >= 4 is 18.3 Å². The maximum absolute atomic E-state index is 12.0.